The summed E-state index contributed by atoms with van der Waals surface area (Å²) in [5.41, 5.74) is -0.278. The second kappa shape index (κ2) is 12.4. The summed E-state index contributed by atoms with van der Waals surface area (Å²) in [5, 5.41) is 2.76. The molecule has 4 rings (SSSR count). The number of carbonyl (C=O) groups excluding carboxylic acids is 1. The normalized spacial score (nSPS) is 12.0. The van der Waals surface area contributed by atoms with Gasteiger partial charge < -0.3 is 5.32 Å². The van der Waals surface area contributed by atoms with Gasteiger partial charge in [-0.1, -0.05) is 47.0 Å². The minimum Gasteiger partial charge on any atom is -0.325 e. The Morgan fingerprint density at radius 3 is 2.02 bits per heavy atom. The lowest BCUT2D eigenvalue weighted by Gasteiger charge is -2.24. The summed E-state index contributed by atoms with van der Waals surface area (Å²) < 4.78 is 94.5. The lowest BCUT2D eigenvalue weighted by molar-refractivity contribution is -0.137. The van der Waals surface area contributed by atoms with E-state index in [1.807, 2.05) is 0 Å². The number of halogens is 5. The van der Waals surface area contributed by atoms with Crippen LogP contribution in [0.1, 0.15) is 11.1 Å². The number of amides is 1. The topological polar surface area (TPSA) is 113 Å². The summed E-state index contributed by atoms with van der Waals surface area (Å²) in [6.07, 6.45) is -4.66. The van der Waals surface area contributed by atoms with E-state index in [1.165, 1.54) is 48.5 Å². The number of alkyl halides is 3. The Morgan fingerprint density at radius 1 is 0.791 bits per heavy atom. The Morgan fingerprint density at radius 2 is 1.42 bits per heavy atom. The van der Waals surface area contributed by atoms with Gasteiger partial charge in [-0.3, -0.25) is 13.8 Å². The van der Waals surface area contributed by atoms with Gasteiger partial charge in [0.1, 0.15) is 6.54 Å². The molecule has 0 bridgehead atoms. The highest BCUT2D eigenvalue weighted by Crippen LogP contribution is 2.32. The van der Waals surface area contributed by atoms with Crippen molar-refractivity contribution in [1.29, 1.82) is 0 Å². The second-order valence-corrected chi connectivity index (χ2v) is 13.5. The van der Waals surface area contributed by atoms with Crippen molar-refractivity contribution < 1.29 is 34.8 Å². The number of benzene rings is 4. The molecule has 2 N–H and O–H groups in total. The van der Waals surface area contributed by atoms with Gasteiger partial charge in [0, 0.05) is 11.4 Å². The van der Waals surface area contributed by atoms with Crippen molar-refractivity contribution in [2.24, 2.45) is 0 Å². The van der Waals surface area contributed by atoms with Gasteiger partial charge in [-0.05, 0) is 79.7 Å². The van der Waals surface area contributed by atoms with Crippen LogP contribution in [0.15, 0.2) is 101 Å². The van der Waals surface area contributed by atoms with E-state index >= 15 is 0 Å². The fourth-order valence-corrected chi connectivity index (χ4v) is 6.57. The van der Waals surface area contributed by atoms with Crippen LogP contribution < -0.4 is 14.3 Å². The maximum atomic E-state index is 13.5. The Kier molecular flexibility index (Phi) is 9.30. The number of hydrogen-bond donors (Lipinski definition) is 2. The average molecular weight is 673 g/mol. The zero-order chi connectivity index (χ0) is 31.6. The van der Waals surface area contributed by atoms with Gasteiger partial charge in [0.2, 0.25) is 5.91 Å². The molecule has 1 amide bonds. The molecule has 0 aromatic heterocycles. The third kappa shape index (κ3) is 7.79. The first-order chi connectivity index (χ1) is 20.1. The van der Waals surface area contributed by atoms with Crippen LogP contribution in [-0.2, 0) is 31.0 Å². The van der Waals surface area contributed by atoms with Crippen molar-refractivity contribution >= 4 is 66.2 Å². The Hall–Kier alpha value is -3.78. The molecule has 15 heteroatoms. The van der Waals surface area contributed by atoms with Gasteiger partial charge in [0.25, 0.3) is 20.0 Å². The first-order valence-corrected chi connectivity index (χ1v) is 15.9. The van der Waals surface area contributed by atoms with Crippen LogP contribution in [0.25, 0.3) is 0 Å². The van der Waals surface area contributed by atoms with E-state index < -0.39 is 44.2 Å². The predicted molar refractivity (Wildman–Crippen MR) is 159 cm³/mol. The molecule has 0 aliphatic carbocycles. The molecule has 43 heavy (non-hydrogen) atoms. The summed E-state index contributed by atoms with van der Waals surface area (Å²) in [6.45, 7) is 1.11. The monoisotopic (exact) mass is 671 g/mol. The maximum Gasteiger partial charge on any atom is 0.416 e. The van der Waals surface area contributed by atoms with Crippen LogP contribution in [0, 0.1) is 6.92 Å². The zero-order valence-corrected chi connectivity index (χ0v) is 25.2. The molecule has 0 unspecified atom stereocenters. The SMILES string of the molecule is Cc1ccc(S(=O)(=O)N(CC(=O)Nc2ccc(S(=O)(=O)Nc3cccc(C(F)(F)F)c3)cc2)c2ccc(Cl)c(Cl)c2)cc1. The number of anilines is 3. The van der Waals surface area contributed by atoms with Crippen LogP contribution in [-0.4, -0.2) is 29.3 Å². The quantitative estimate of drug-likeness (QED) is 0.200. The van der Waals surface area contributed by atoms with Gasteiger partial charge in [0.15, 0.2) is 0 Å². The first kappa shape index (κ1) is 32.1. The number of nitrogens with one attached hydrogen (secondary N) is 2. The summed E-state index contributed by atoms with van der Waals surface area (Å²) >= 11 is 12.1. The largest absolute Gasteiger partial charge is 0.416 e. The Labute approximate surface area is 256 Å². The van der Waals surface area contributed by atoms with Gasteiger partial charge >= 0.3 is 6.18 Å². The van der Waals surface area contributed by atoms with Crippen molar-refractivity contribution in [2.45, 2.75) is 22.9 Å². The molecule has 0 saturated carbocycles. The van der Waals surface area contributed by atoms with Gasteiger partial charge in [-0.15, -0.1) is 0 Å². The van der Waals surface area contributed by atoms with E-state index in [0.717, 1.165) is 34.1 Å². The van der Waals surface area contributed by atoms with E-state index in [9.17, 15) is 34.8 Å². The van der Waals surface area contributed by atoms with Crippen LogP contribution in [0.5, 0.6) is 0 Å². The minimum absolute atomic E-state index is 0.0687. The highest BCUT2D eigenvalue weighted by atomic mass is 35.5. The third-order valence-corrected chi connectivity index (χ3v) is 9.90. The van der Waals surface area contributed by atoms with Crippen LogP contribution in [0.4, 0.5) is 30.2 Å². The second-order valence-electron chi connectivity index (χ2n) is 9.18. The number of carbonyl (C=O) groups is 1. The molecule has 0 saturated heterocycles. The molecule has 0 spiro atoms. The molecule has 4 aromatic rings. The van der Waals surface area contributed by atoms with Crippen LogP contribution >= 0.6 is 23.2 Å². The van der Waals surface area contributed by atoms with Crippen LogP contribution in [0.3, 0.4) is 0 Å². The van der Waals surface area contributed by atoms with E-state index in [0.29, 0.717) is 6.07 Å². The summed E-state index contributed by atoms with van der Waals surface area (Å²) in [5.74, 6) is -0.764. The predicted octanol–water partition coefficient (Wildman–Crippen LogP) is 6.96. The highest BCUT2D eigenvalue weighted by molar-refractivity contribution is 7.93. The van der Waals surface area contributed by atoms with Crippen molar-refractivity contribution in [3.8, 4) is 0 Å². The summed E-state index contributed by atoms with van der Waals surface area (Å²) in [6, 6.07) is 18.6. The van der Waals surface area contributed by atoms with Gasteiger partial charge in [-0.2, -0.15) is 13.2 Å². The number of sulfonamides is 2. The van der Waals surface area contributed by atoms with Crippen molar-refractivity contribution in [2.75, 3.05) is 20.9 Å². The number of hydrogen-bond acceptors (Lipinski definition) is 5. The fraction of sp³-hybridized carbons (Fsp3) is 0.107. The Bertz CT molecular complexity index is 1870. The average Bonchev–Trinajstić information content (AvgIpc) is 2.93. The lowest BCUT2D eigenvalue weighted by Crippen LogP contribution is -2.38. The maximum absolute atomic E-state index is 13.5. The molecule has 4 aromatic carbocycles. The molecule has 226 valence electrons. The van der Waals surface area contributed by atoms with Crippen LogP contribution in [0.2, 0.25) is 10.0 Å². The molecule has 0 radical (unpaired) electrons. The number of nitrogens with zero attached hydrogens (tertiary/aromatic N) is 1. The number of aryl methyl sites for hydroxylation is 1. The van der Waals surface area contributed by atoms with E-state index in [2.05, 4.69) is 10.0 Å². The van der Waals surface area contributed by atoms with E-state index in [1.54, 1.807) is 19.1 Å². The van der Waals surface area contributed by atoms with Crippen molar-refractivity contribution in [3.63, 3.8) is 0 Å². The minimum atomic E-state index is -4.66. The molecular weight excluding hydrogens is 650 g/mol. The van der Waals surface area contributed by atoms with Gasteiger partial charge in [-0.25, -0.2) is 16.8 Å². The van der Waals surface area contributed by atoms with Crippen molar-refractivity contribution in [1.82, 2.24) is 0 Å². The highest BCUT2D eigenvalue weighted by Gasteiger charge is 2.31. The summed E-state index contributed by atoms with van der Waals surface area (Å²) in [4.78, 5) is 12.7. The lowest BCUT2D eigenvalue weighted by atomic mass is 10.2. The fourth-order valence-electron chi connectivity index (χ4n) is 3.81. The Balaban J connectivity index is 1.53. The van der Waals surface area contributed by atoms with Crippen molar-refractivity contribution in [3.05, 3.63) is 112 Å². The van der Waals surface area contributed by atoms with E-state index in [-0.39, 0.29) is 36.9 Å². The summed E-state index contributed by atoms with van der Waals surface area (Å²) in [7, 11) is -8.52. The zero-order valence-electron chi connectivity index (χ0n) is 22.1. The van der Waals surface area contributed by atoms with E-state index in [4.69, 9.17) is 23.2 Å². The smallest absolute Gasteiger partial charge is 0.325 e. The third-order valence-electron chi connectivity index (χ3n) is 5.98. The molecule has 0 heterocycles. The first-order valence-electron chi connectivity index (χ1n) is 12.2. The molecule has 0 fully saturated rings. The molecule has 0 atom stereocenters. The van der Waals surface area contributed by atoms with Gasteiger partial charge in [0.05, 0.1) is 31.1 Å². The molecule has 0 aliphatic heterocycles. The number of rotatable bonds is 9. The molecule has 8 nitrogen and oxygen atoms in total. The standard InChI is InChI=1S/C28H22Cl2F3N3O5S2/c1-18-5-10-24(11-6-18)43(40,41)36(22-9-14-25(29)26(30)16-22)17-27(37)34-20-7-12-23(13-8-20)42(38,39)35-21-4-2-3-19(15-21)28(31,32)33/h2-16,35H,17H2,1H3,(H,34,37). The molecule has 0 aliphatic rings. The molecular formula is C28H22Cl2F3N3O5S2.